The number of carbonyl (C=O) groups excluding carboxylic acids is 1. The number of amides is 1. The van der Waals surface area contributed by atoms with Crippen LogP contribution in [-0.2, 0) is 15.6 Å². The fraction of sp³-hybridized carbons (Fsp3) is 0.0952. The van der Waals surface area contributed by atoms with E-state index in [1.165, 1.54) is 18.3 Å². The van der Waals surface area contributed by atoms with Crippen LogP contribution in [0.2, 0.25) is 0 Å². The molecule has 0 saturated heterocycles. The minimum atomic E-state index is -4.06. The van der Waals surface area contributed by atoms with Gasteiger partial charge in [0.1, 0.15) is 22.4 Å². The number of aromatic nitrogens is 3. The maximum Gasteiger partial charge on any atom is 0.257 e. The van der Waals surface area contributed by atoms with Crippen molar-refractivity contribution in [3.63, 3.8) is 0 Å². The van der Waals surface area contributed by atoms with Crippen molar-refractivity contribution in [1.82, 2.24) is 15.0 Å². The number of rotatable bonds is 5. The molecule has 31 heavy (non-hydrogen) atoms. The summed E-state index contributed by atoms with van der Waals surface area (Å²) in [7, 11) is -4.06. The first-order valence-electron chi connectivity index (χ1n) is 9.12. The highest BCUT2D eigenvalue weighted by Gasteiger charge is 2.21. The average molecular weight is 442 g/mol. The number of carbonyl (C=O) groups is 1. The molecular formula is C21H16F2N4O3S. The predicted molar refractivity (Wildman–Crippen MR) is 110 cm³/mol. The molecule has 1 amide bonds. The summed E-state index contributed by atoms with van der Waals surface area (Å²) in [5, 5.41) is 2.68. The fourth-order valence-corrected chi connectivity index (χ4v) is 4.52. The van der Waals surface area contributed by atoms with Crippen molar-refractivity contribution in [2.45, 2.75) is 17.6 Å². The molecule has 0 aliphatic carbocycles. The molecule has 0 saturated carbocycles. The minimum Gasteiger partial charge on any atom is -0.341 e. The number of aromatic amines is 1. The molecule has 0 radical (unpaired) electrons. The normalized spacial score (nSPS) is 11.6. The summed E-state index contributed by atoms with van der Waals surface area (Å²) in [6, 6.07) is 10.1. The Hall–Kier alpha value is -3.66. The zero-order valence-electron chi connectivity index (χ0n) is 16.2. The molecule has 158 valence electrons. The first-order chi connectivity index (χ1) is 14.7. The summed E-state index contributed by atoms with van der Waals surface area (Å²) in [5.74, 6) is -2.29. The van der Waals surface area contributed by atoms with Gasteiger partial charge in [-0.1, -0.05) is 12.1 Å². The number of nitrogens with zero attached hydrogens (tertiary/aromatic N) is 2. The molecule has 10 heteroatoms. The van der Waals surface area contributed by atoms with E-state index in [0.29, 0.717) is 39.9 Å². The van der Waals surface area contributed by atoms with E-state index in [0.717, 1.165) is 12.1 Å². The second kappa shape index (κ2) is 7.88. The largest absolute Gasteiger partial charge is 0.341 e. The summed E-state index contributed by atoms with van der Waals surface area (Å²) >= 11 is 0. The Bertz CT molecular complexity index is 1420. The Morgan fingerprint density at radius 3 is 2.71 bits per heavy atom. The van der Waals surface area contributed by atoms with Crippen molar-refractivity contribution in [2.75, 3.05) is 5.32 Å². The average Bonchev–Trinajstić information content (AvgIpc) is 3.06. The van der Waals surface area contributed by atoms with Gasteiger partial charge in [-0.2, -0.15) is 0 Å². The minimum absolute atomic E-state index is 0.294. The molecule has 0 atom stereocenters. The van der Waals surface area contributed by atoms with Crippen molar-refractivity contribution >= 4 is 32.6 Å². The fourth-order valence-electron chi connectivity index (χ4n) is 3.11. The molecule has 0 aliphatic rings. The number of hydrogen-bond acceptors (Lipinski definition) is 5. The molecule has 2 aromatic carbocycles. The van der Waals surface area contributed by atoms with Gasteiger partial charge < -0.3 is 10.3 Å². The molecular weight excluding hydrogens is 426 g/mol. The first kappa shape index (κ1) is 20.6. The van der Waals surface area contributed by atoms with Crippen molar-refractivity contribution in [1.29, 1.82) is 0 Å². The molecule has 2 N–H and O–H groups in total. The van der Waals surface area contributed by atoms with Crippen molar-refractivity contribution in [3.05, 3.63) is 83.3 Å². The molecule has 0 spiro atoms. The van der Waals surface area contributed by atoms with Gasteiger partial charge in [-0.15, -0.1) is 0 Å². The van der Waals surface area contributed by atoms with Gasteiger partial charge in [-0.3, -0.25) is 4.79 Å². The number of hydrogen-bond donors (Lipinski definition) is 2. The summed E-state index contributed by atoms with van der Waals surface area (Å²) in [5.41, 5.74) is 2.10. The standard InChI is InChI=1S/C21H16F2N4O3S/c1-12-25-18-8-14(10-24-20(18)26-12)21(28)27-16-4-2-3-13(7-16)11-31(29,30)19-6-5-15(22)9-17(19)23/h2-10H,11H2,1H3,(H,27,28)(H,24,25,26). The van der Waals surface area contributed by atoms with Gasteiger partial charge in [0, 0.05) is 18.0 Å². The van der Waals surface area contributed by atoms with Crippen LogP contribution in [0.1, 0.15) is 21.7 Å². The van der Waals surface area contributed by atoms with Gasteiger partial charge in [0.25, 0.3) is 5.91 Å². The molecule has 2 aromatic heterocycles. The molecule has 7 nitrogen and oxygen atoms in total. The van der Waals surface area contributed by atoms with Crippen LogP contribution < -0.4 is 5.32 Å². The molecule has 4 rings (SSSR count). The summed E-state index contributed by atoms with van der Waals surface area (Å²) in [4.78, 5) is 23.3. The number of nitrogens with one attached hydrogen (secondary N) is 2. The van der Waals surface area contributed by atoms with E-state index in [1.807, 2.05) is 0 Å². The quantitative estimate of drug-likeness (QED) is 0.458. The van der Waals surface area contributed by atoms with Crippen LogP contribution in [0.25, 0.3) is 11.2 Å². The second-order valence-corrected chi connectivity index (χ2v) is 8.86. The number of imidazole rings is 1. The van der Waals surface area contributed by atoms with Crippen LogP contribution >= 0.6 is 0 Å². The number of anilines is 1. The highest BCUT2D eigenvalue weighted by atomic mass is 32.2. The SMILES string of the molecule is Cc1nc2ncc(C(=O)Nc3cccc(CS(=O)(=O)c4ccc(F)cc4F)c3)cc2[nH]1. The van der Waals surface area contributed by atoms with E-state index in [1.54, 1.807) is 25.1 Å². The first-order valence-corrected chi connectivity index (χ1v) is 10.8. The van der Waals surface area contributed by atoms with Crippen LogP contribution in [0.15, 0.2) is 59.6 Å². The monoisotopic (exact) mass is 442 g/mol. The Labute approximate surface area is 176 Å². The van der Waals surface area contributed by atoms with E-state index in [9.17, 15) is 22.0 Å². The van der Waals surface area contributed by atoms with Gasteiger partial charge in [-0.05, 0) is 42.8 Å². The van der Waals surface area contributed by atoms with Gasteiger partial charge in [-0.25, -0.2) is 27.2 Å². The third-order valence-electron chi connectivity index (χ3n) is 4.49. The summed E-state index contributed by atoms with van der Waals surface area (Å²) in [6.45, 7) is 1.78. The number of halogens is 2. The number of benzene rings is 2. The lowest BCUT2D eigenvalue weighted by Crippen LogP contribution is -2.13. The van der Waals surface area contributed by atoms with Crippen LogP contribution in [0.3, 0.4) is 0 Å². The molecule has 0 aliphatic heterocycles. The van der Waals surface area contributed by atoms with Crippen LogP contribution in [0.5, 0.6) is 0 Å². The number of aryl methyl sites for hydroxylation is 1. The summed E-state index contributed by atoms with van der Waals surface area (Å²) in [6.07, 6.45) is 1.39. The Morgan fingerprint density at radius 1 is 1.13 bits per heavy atom. The predicted octanol–water partition coefficient (Wildman–Crippen LogP) is 3.77. The lowest BCUT2D eigenvalue weighted by molar-refractivity contribution is 0.102. The third-order valence-corrected chi connectivity index (χ3v) is 6.20. The number of fused-ring (bicyclic) bond motifs is 1. The number of pyridine rings is 1. The Kier molecular flexibility index (Phi) is 5.24. The lowest BCUT2D eigenvalue weighted by Gasteiger charge is -2.09. The van der Waals surface area contributed by atoms with Crippen LogP contribution in [0, 0.1) is 18.6 Å². The molecule has 0 fully saturated rings. The smallest absolute Gasteiger partial charge is 0.257 e. The number of H-pyrrole nitrogens is 1. The maximum absolute atomic E-state index is 13.9. The maximum atomic E-state index is 13.9. The zero-order valence-corrected chi connectivity index (χ0v) is 17.0. The topological polar surface area (TPSA) is 105 Å². The molecule has 4 aromatic rings. The van der Waals surface area contributed by atoms with Gasteiger partial charge in [0.05, 0.1) is 16.8 Å². The van der Waals surface area contributed by atoms with Crippen molar-refractivity contribution in [3.8, 4) is 0 Å². The Morgan fingerprint density at radius 2 is 1.94 bits per heavy atom. The van der Waals surface area contributed by atoms with E-state index in [4.69, 9.17) is 0 Å². The number of sulfone groups is 1. The van der Waals surface area contributed by atoms with Gasteiger partial charge >= 0.3 is 0 Å². The van der Waals surface area contributed by atoms with E-state index in [2.05, 4.69) is 20.3 Å². The molecule has 0 unspecified atom stereocenters. The van der Waals surface area contributed by atoms with Gasteiger partial charge in [0.15, 0.2) is 15.5 Å². The van der Waals surface area contributed by atoms with E-state index < -0.39 is 38.0 Å². The lowest BCUT2D eigenvalue weighted by atomic mass is 10.2. The highest BCUT2D eigenvalue weighted by Crippen LogP contribution is 2.22. The highest BCUT2D eigenvalue weighted by molar-refractivity contribution is 7.90. The van der Waals surface area contributed by atoms with Gasteiger partial charge in [0.2, 0.25) is 0 Å². The molecule has 0 bridgehead atoms. The van der Waals surface area contributed by atoms with Crippen LogP contribution in [0.4, 0.5) is 14.5 Å². The van der Waals surface area contributed by atoms with Crippen molar-refractivity contribution < 1.29 is 22.0 Å². The van der Waals surface area contributed by atoms with E-state index in [-0.39, 0.29) is 0 Å². The summed E-state index contributed by atoms with van der Waals surface area (Å²) < 4.78 is 52.1. The Balaban J connectivity index is 1.54. The van der Waals surface area contributed by atoms with E-state index >= 15 is 0 Å². The second-order valence-electron chi connectivity index (χ2n) is 6.91. The zero-order chi connectivity index (χ0) is 22.2. The van der Waals surface area contributed by atoms with Crippen LogP contribution in [-0.4, -0.2) is 29.3 Å². The molecule has 2 heterocycles. The third kappa shape index (κ3) is 4.43. The van der Waals surface area contributed by atoms with Crippen molar-refractivity contribution in [2.24, 2.45) is 0 Å².